The summed E-state index contributed by atoms with van der Waals surface area (Å²) in [5.41, 5.74) is 3.81. The fraction of sp³-hybridized carbons (Fsp3) is 0.375. The van der Waals surface area contributed by atoms with Crippen molar-refractivity contribution in [2.75, 3.05) is 0 Å². The van der Waals surface area contributed by atoms with Gasteiger partial charge in [-0.25, -0.2) is 9.78 Å². The lowest BCUT2D eigenvalue weighted by Gasteiger charge is -2.12. The summed E-state index contributed by atoms with van der Waals surface area (Å²) in [6, 6.07) is 5.40. The second-order valence-electron chi connectivity index (χ2n) is 5.77. The van der Waals surface area contributed by atoms with Crippen molar-refractivity contribution in [1.29, 1.82) is 0 Å². The van der Waals surface area contributed by atoms with E-state index in [0.29, 0.717) is 11.5 Å². The van der Waals surface area contributed by atoms with Gasteiger partial charge >= 0.3 is 5.97 Å². The van der Waals surface area contributed by atoms with Crippen LogP contribution < -0.4 is 0 Å². The van der Waals surface area contributed by atoms with Gasteiger partial charge in [-0.2, -0.15) is 0 Å². The van der Waals surface area contributed by atoms with Gasteiger partial charge in [0.2, 0.25) is 0 Å². The van der Waals surface area contributed by atoms with E-state index in [-0.39, 0.29) is 0 Å². The molecule has 1 aromatic heterocycles. The molecule has 1 N–H and O–H groups in total. The van der Waals surface area contributed by atoms with Crippen molar-refractivity contribution in [2.45, 2.75) is 39.4 Å². The molecule has 5 heteroatoms. The monoisotopic (exact) mass is 302 g/mol. The highest BCUT2D eigenvalue weighted by atomic mass is 32.1. The molecule has 0 aliphatic carbocycles. The van der Waals surface area contributed by atoms with E-state index in [2.05, 4.69) is 29.1 Å². The van der Waals surface area contributed by atoms with E-state index in [4.69, 9.17) is 5.11 Å². The van der Waals surface area contributed by atoms with Gasteiger partial charge in [0, 0.05) is 30.9 Å². The highest BCUT2D eigenvalue weighted by molar-refractivity contribution is 7.09. The van der Waals surface area contributed by atoms with Crippen molar-refractivity contribution in [3.8, 4) is 0 Å². The van der Waals surface area contributed by atoms with Crippen LogP contribution in [0, 0.1) is 0 Å². The summed E-state index contributed by atoms with van der Waals surface area (Å²) < 4.78 is 0. The van der Waals surface area contributed by atoms with Crippen LogP contribution in [-0.4, -0.2) is 21.0 Å². The van der Waals surface area contributed by atoms with Gasteiger partial charge in [0.05, 0.1) is 16.3 Å². The minimum atomic E-state index is -0.864. The van der Waals surface area contributed by atoms with Crippen molar-refractivity contribution in [3.63, 3.8) is 0 Å². The molecule has 3 rings (SSSR count). The third kappa shape index (κ3) is 2.99. The third-order valence-corrected chi connectivity index (χ3v) is 4.88. The zero-order valence-electron chi connectivity index (χ0n) is 12.2. The minimum absolute atomic E-state index is 0.367. The number of nitrogens with zero attached hydrogens (tertiary/aromatic N) is 2. The molecular weight excluding hydrogens is 284 g/mol. The van der Waals surface area contributed by atoms with E-state index < -0.39 is 5.97 Å². The second kappa shape index (κ2) is 5.58. The summed E-state index contributed by atoms with van der Waals surface area (Å²) in [7, 11) is 0. The van der Waals surface area contributed by atoms with E-state index in [0.717, 1.165) is 30.9 Å². The van der Waals surface area contributed by atoms with Gasteiger partial charge in [0.1, 0.15) is 0 Å². The van der Waals surface area contributed by atoms with Crippen LogP contribution in [0.3, 0.4) is 0 Å². The van der Waals surface area contributed by atoms with Gasteiger partial charge in [-0.15, -0.1) is 11.3 Å². The van der Waals surface area contributed by atoms with Crippen LogP contribution >= 0.6 is 11.3 Å². The molecule has 0 bridgehead atoms. The standard InChI is InChI=1S/C16H18N2O2S/c1-10(2)15-17-14(9-21-15)8-18-6-12-4-3-11(16(19)20)5-13(12)7-18/h3-5,9-10H,6-8H2,1-2H3,(H,19,20). The summed E-state index contributed by atoms with van der Waals surface area (Å²) in [4.78, 5) is 18.0. The van der Waals surface area contributed by atoms with Crippen LogP contribution in [0.25, 0.3) is 0 Å². The first kappa shape index (κ1) is 14.2. The fourth-order valence-electron chi connectivity index (χ4n) is 2.60. The van der Waals surface area contributed by atoms with Gasteiger partial charge in [-0.1, -0.05) is 19.9 Å². The Labute approximate surface area is 128 Å². The maximum Gasteiger partial charge on any atom is 0.335 e. The SMILES string of the molecule is CC(C)c1nc(CN2Cc3ccc(C(=O)O)cc3C2)cs1. The minimum Gasteiger partial charge on any atom is -0.478 e. The maximum atomic E-state index is 11.0. The van der Waals surface area contributed by atoms with E-state index in [1.807, 2.05) is 6.07 Å². The lowest BCUT2D eigenvalue weighted by molar-refractivity contribution is 0.0696. The summed E-state index contributed by atoms with van der Waals surface area (Å²) in [5.74, 6) is -0.394. The number of fused-ring (bicyclic) bond motifs is 1. The number of carboxylic acid groups (broad SMARTS) is 1. The zero-order valence-corrected chi connectivity index (χ0v) is 13.0. The summed E-state index contributed by atoms with van der Waals surface area (Å²) in [5, 5.41) is 12.4. The Bertz CT molecular complexity index is 679. The molecule has 0 fully saturated rings. The Morgan fingerprint density at radius 2 is 2.14 bits per heavy atom. The van der Waals surface area contributed by atoms with Crippen molar-refractivity contribution in [1.82, 2.24) is 9.88 Å². The van der Waals surface area contributed by atoms with Crippen LogP contribution in [0.4, 0.5) is 0 Å². The molecule has 1 aliphatic rings. The quantitative estimate of drug-likeness (QED) is 0.939. The first-order chi connectivity index (χ1) is 10.0. The van der Waals surface area contributed by atoms with Crippen molar-refractivity contribution >= 4 is 17.3 Å². The summed E-state index contributed by atoms with van der Waals surface area (Å²) in [6.45, 7) is 6.79. The molecule has 1 aliphatic heterocycles. The molecule has 0 amide bonds. The van der Waals surface area contributed by atoms with Gasteiger partial charge in [-0.3, -0.25) is 4.90 Å². The summed E-state index contributed by atoms with van der Waals surface area (Å²) >= 11 is 1.72. The Morgan fingerprint density at radius 3 is 2.81 bits per heavy atom. The van der Waals surface area contributed by atoms with Crippen LogP contribution in [0.1, 0.15) is 52.0 Å². The molecule has 0 spiro atoms. The topological polar surface area (TPSA) is 53.4 Å². The number of benzene rings is 1. The number of aromatic carboxylic acids is 1. The molecule has 2 aromatic rings. The van der Waals surface area contributed by atoms with Crippen LogP contribution in [0.5, 0.6) is 0 Å². The number of aromatic nitrogens is 1. The Balaban J connectivity index is 1.70. The maximum absolute atomic E-state index is 11.0. The first-order valence-corrected chi connectivity index (χ1v) is 7.92. The number of carbonyl (C=O) groups is 1. The van der Waals surface area contributed by atoms with Gasteiger partial charge in [0.25, 0.3) is 0 Å². The van der Waals surface area contributed by atoms with Gasteiger partial charge in [-0.05, 0) is 23.3 Å². The summed E-state index contributed by atoms with van der Waals surface area (Å²) in [6.07, 6.45) is 0. The van der Waals surface area contributed by atoms with Gasteiger partial charge in [0.15, 0.2) is 0 Å². The Kier molecular flexibility index (Phi) is 3.78. The number of hydrogen-bond donors (Lipinski definition) is 1. The molecule has 110 valence electrons. The van der Waals surface area contributed by atoms with Gasteiger partial charge < -0.3 is 5.11 Å². The highest BCUT2D eigenvalue weighted by Crippen LogP contribution is 2.26. The Hall–Kier alpha value is -1.72. The zero-order chi connectivity index (χ0) is 15.0. The van der Waals surface area contributed by atoms with Crippen LogP contribution in [0.15, 0.2) is 23.6 Å². The van der Waals surface area contributed by atoms with E-state index in [1.165, 1.54) is 10.6 Å². The lowest BCUT2D eigenvalue weighted by Crippen LogP contribution is -2.15. The molecule has 0 unspecified atom stereocenters. The predicted octanol–water partition coefficient (Wildman–Crippen LogP) is 3.48. The van der Waals surface area contributed by atoms with Crippen molar-refractivity contribution in [2.24, 2.45) is 0 Å². The van der Waals surface area contributed by atoms with E-state index in [9.17, 15) is 4.79 Å². The normalized spacial score (nSPS) is 14.6. The van der Waals surface area contributed by atoms with E-state index >= 15 is 0 Å². The fourth-order valence-corrected chi connectivity index (χ4v) is 3.43. The first-order valence-electron chi connectivity index (χ1n) is 7.04. The third-order valence-electron chi connectivity index (χ3n) is 3.69. The largest absolute Gasteiger partial charge is 0.478 e. The van der Waals surface area contributed by atoms with E-state index in [1.54, 1.807) is 23.5 Å². The number of thiazole rings is 1. The van der Waals surface area contributed by atoms with Crippen LogP contribution in [-0.2, 0) is 19.6 Å². The molecule has 0 saturated heterocycles. The van der Waals surface area contributed by atoms with Crippen molar-refractivity contribution < 1.29 is 9.90 Å². The molecule has 1 aromatic carbocycles. The van der Waals surface area contributed by atoms with Crippen molar-refractivity contribution in [3.05, 3.63) is 51.0 Å². The Morgan fingerprint density at radius 1 is 1.38 bits per heavy atom. The lowest BCUT2D eigenvalue weighted by atomic mass is 10.1. The molecule has 0 saturated carbocycles. The number of carboxylic acids is 1. The van der Waals surface area contributed by atoms with Crippen LogP contribution in [0.2, 0.25) is 0 Å². The molecule has 0 atom stereocenters. The average molecular weight is 302 g/mol. The smallest absolute Gasteiger partial charge is 0.335 e. The molecule has 0 radical (unpaired) electrons. The predicted molar refractivity (Wildman–Crippen MR) is 82.6 cm³/mol. The molecule has 21 heavy (non-hydrogen) atoms. The second-order valence-corrected chi connectivity index (χ2v) is 6.66. The number of rotatable bonds is 4. The molecular formula is C16H18N2O2S. The molecule has 2 heterocycles. The average Bonchev–Trinajstić information content (AvgIpc) is 3.03. The molecule has 4 nitrogen and oxygen atoms in total. The number of hydrogen-bond acceptors (Lipinski definition) is 4. The highest BCUT2D eigenvalue weighted by Gasteiger charge is 2.21.